The number of halogens is 1. The molecule has 0 unspecified atom stereocenters. The molecule has 0 aliphatic carbocycles. The van der Waals surface area contributed by atoms with Crippen LogP contribution in [0.4, 0.5) is 0 Å². The molecule has 0 aromatic carbocycles. The summed E-state index contributed by atoms with van der Waals surface area (Å²) in [6.45, 7) is 1.99. The minimum atomic E-state index is -0.374. The number of rotatable bonds is 5. The number of nitrogens with one attached hydrogen (secondary N) is 1. The lowest BCUT2D eigenvalue weighted by molar-refractivity contribution is 0.397. The molecule has 4 rings (SSSR count). The van der Waals surface area contributed by atoms with E-state index in [2.05, 4.69) is 50.8 Å². The van der Waals surface area contributed by atoms with Gasteiger partial charge in [0.25, 0.3) is 0 Å². The minimum Gasteiger partial charge on any atom is -0.479 e. The molecule has 0 amide bonds. The molecule has 0 saturated carbocycles. The van der Waals surface area contributed by atoms with E-state index in [9.17, 15) is 10.2 Å². The highest BCUT2D eigenvalue weighted by atomic mass is 79.9. The maximum Gasteiger partial charge on any atom is 0.327 e. The molecular formula is C16H12BrN7O4. The molecule has 12 heteroatoms. The predicted molar refractivity (Wildman–Crippen MR) is 98.5 cm³/mol. The van der Waals surface area contributed by atoms with E-state index in [0.29, 0.717) is 11.0 Å². The molecule has 0 aliphatic rings. The smallest absolute Gasteiger partial charge is 0.327 e. The summed E-state index contributed by atoms with van der Waals surface area (Å²) in [6.07, 6.45) is 5.91. The number of fused-ring (bicyclic) bond motifs is 1. The van der Waals surface area contributed by atoms with E-state index in [1.54, 1.807) is 0 Å². The van der Waals surface area contributed by atoms with Crippen LogP contribution in [0.3, 0.4) is 0 Å². The molecule has 28 heavy (non-hydrogen) atoms. The number of hydrogen-bond acceptors (Lipinski definition) is 10. The Morgan fingerprint density at radius 1 is 0.929 bits per heavy atom. The SMILES string of the molecule is CCc1[nH]c2nc(Oc3cnc(O)nc3)nc(Oc3cnc(O)nc3)c2c1Br. The number of aromatic amines is 1. The Kier molecular flexibility index (Phi) is 4.61. The first kappa shape index (κ1) is 17.9. The third-order valence-electron chi connectivity index (χ3n) is 3.62. The summed E-state index contributed by atoms with van der Waals surface area (Å²) in [5.41, 5.74) is 1.39. The number of hydrogen-bond donors (Lipinski definition) is 3. The summed E-state index contributed by atoms with van der Waals surface area (Å²) >= 11 is 3.54. The van der Waals surface area contributed by atoms with E-state index in [4.69, 9.17) is 9.47 Å². The fraction of sp³-hybridized carbons (Fsp3) is 0.125. The van der Waals surface area contributed by atoms with E-state index in [0.717, 1.165) is 16.6 Å². The number of aryl methyl sites for hydroxylation is 1. The summed E-state index contributed by atoms with van der Waals surface area (Å²) in [7, 11) is 0. The molecule has 4 heterocycles. The van der Waals surface area contributed by atoms with Crippen molar-refractivity contribution in [2.75, 3.05) is 0 Å². The number of H-pyrrole nitrogens is 1. The first-order chi connectivity index (χ1) is 13.5. The molecule has 4 aromatic heterocycles. The lowest BCUT2D eigenvalue weighted by atomic mass is 10.3. The zero-order valence-corrected chi connectivity index (χ0v) is 15.9. The van der Waals surface area contributed by atoms with Gasteiger partial charge in [0.2, 0.25) is 5.88 Å². The molecule has 11 nitrogen and oxygen atoms in total. The van der Waals surface area contributed by atoms with Crippen molar-refractivity contribution >= 4 is 27.0 Å². The Hall–Kier alpha value is -3.54. The maximum absolute atomic E-state index is 9.24. The van der Waals surface area contributed by atoms with Gasteiger partial charge < -0.3 is 24.7 Å². The second-order valence-corrected chi connectivity index (χ2v) is 6.24. The van der Waals surface area contributed by atoms with Crippen LogP contribution in [-0.2, 0) is 6.42 Å². The lowest BCUT2D eigenvalue weighted by Gasteiger charge is -2.08. The van der Waals surface area contributed by atoms with Gasteiger partial charge in [-0.2, -0.15) is 29.9 Å². The number of aromatic nitrogens is 7. The predicted octanol–water partition coefficient (Wildman–Crippen LogP) is 2.86. The van der Waals surface area contributed by atoms with Crippen LogP contribution in [0.2, 0.25) is 0 Å². The Morgan fingerprint density at radius 2 is 1.50 bits per heavy atom. The van der Waals surface area contributed by atoms with Crippen LogP contribution >= 0.6 is 15.9 Å². The highest BCUT2D eigenvalue weighted by molar-refractivity contribution is 9.10. The fourth-order valence-corrected chi connectivity index (χ4v) is 3.10. The Labute approximate surface area is 165 Å². The topological polar surface area (TPSA) is 152 Å². The lowest BCUT2D eigenvalue weighted by Crippen LogP contribution is -1.97. The van der Waals surface area contributed by atoms with Gasteiger partial charge in [-0.1, -0.05) is 6.92 Å². The summed E-state index contributed by atoms with van der Waals surface area (Å²) < 4.78 is 12.1. The Bertz CT molecular complexity index is 1130. The monoisotopic (exact) mass is 445 g/mol. The molecule has 0 saturated heterocycles. The van der Waals surface area contributed by atoms with Crippen molar-refractivity contribution in [2.24, 2.45) is 0 Å². The molecule has 0 bridgehead atoms. The second-order valence-electron chi connectivity index (χ2n) is 5.45. The number of aromatic hydroxyl groups is 2. The van der Waals surface area contributed by atoms with Gasteiger partial charge in [-0.15, -0.1) is 0 Å². The van der Waals surface area contributed by atoms with Gasteiger partial charge in [0, 0.05) is 5.69 Å². The molecule has 142 valence electrons. The molecule has 0 radical (unpaired) electrons. The second kappa shape index (κ2) is 7.23. The third kappa shape index (κ3) is 3.49. The van der Waals surface area contributed by atoms with Gasteiger partial charge in [-0.05, 0) is 22.4 Å². The largest absolute Gasteiger partial charge is 0.479 e. The van der Waals surface area contributed by atoms with Crippen molar-refractivity contribution in [3.63, 3.8) is 0 Å². The van der Waals surface area contributed by atoms with Crippen molar-refractivity contribution in [2.45, 2.75) is 13.3 Å². The highest BCUT2D eigenvalue weighted by Gasteiger charge is 2.19. The first-order valence-electron chi connectivity index (χ1n) is 7.99. The van der Waals surface area contributed by atoms with E-state index < -0.39 is 0 Å². The van der Waals surface area contributed by atoms with Gasteiger partial charge in [0.15, 0.2) is 11.5 Å². The van der Waals surface area contributed by atoms with Crippen molar-refractivity contribution in [1.82, 2.24) is 34.9 Å². The summed E-state index contributed by atoms with van der Waals surface area (Å²) in [4.78, 5) is 26.5. The van der Waals surface area contributed by atoms with Gasteiger partial charge >= 0.3 is 18.0 Å². The Balaban J connectivity index is 1.78. The van der Waals surface area contributed by atoms with Crippen LogP contribution in [0.15, 0.2) is 29.3 Å². The third-order valence-corrected chi connectivity index (χ3v) is 4.49. The van der Waals surface area contributed by atoms with Gasteiger partial charge in [-0.25, -0.2) is 0 Å². The fourth-order valence-electron chi connectivity index (χ4n) is 2.36. The van der Waals surface area contributed by atoms with Crippen molar-refractivity contribution in [3.05, 3.63) is 35.0 Å². The molecule has 0 atom stereocenters. The van der Waals surface area contributed by atoms with Gasteiger partial charge in [0.05, 0.1) is 34.6 Å². The zero-order valence-electron chi connectivity index (χ0n) is 14.3. The molecule has 0 spiro atoms. The standard InChI is InChI=1S/C16H12BrN7O4/c1-2-9-11(17)10-12(22-9)23-16(28-8-5-20-15(26)21-6-8)24-13(10)27-7-3-18-14(25)19-4-7/h3-6H,2H2,1H3,(H,18,19,25)(H,20,21,26)(H,22,23,24). The van der Waals surface area contributed by atoms with Gasteiger partial charge in [0.1, 0.15) is 5.65 Å². The van der Waals surface area contributed by atoms with Crippen LogP contribution in [0.1, 0.15) is 12.6 Å². The van der Waals surface area contributed by atoms with Crippen molar-refractivity contribution in [1.29, 1.82) is 0 Å². The van der Waals surface area contributed by atoms with Crippen molar-refractivity contribution in [3.8, 4) is 35.4 Å². The number of ether oxygens (including phenoxy) is 2. The molecule has 3 N–H and O–H groups in total. The number of nitrogens with zero attached hydrogens (tertiary/aromatic N) is 6. The van der Waals surface area contributed by atoms with Crippen LogP contribution in [0.25, 0.3) is 11.0 Å². The molecule has 0 fully saturated rings. The van der Waals surface area contributed by atoms with E-state index in [1.165, 1.54) is 24.8 Å². The average Bonchev–Trinajstić information content (AvgIpc) is 3.01. The molecule has 4 aromatic rings. The first-order valence-corrected chi connectivity index (χ1v) is 8.78. The molecular weight excluding hydrogens is 434 g/mol. The average molecular weight is 446 g/mol. The zero-order chi connectivity index (χ0) is 19.7. The quantitative estimate of drug-likeness (QED) is 0.417. The maximum atomic E-state index is 9.24. The minimum absolute atomic E-state index is 0.0205. The normalized spacial score (nSPS) is 10.9. The van der Waals surface area contributed by atoms with Crippen molar-refractivity contribution < 1.29 is 19.7 Å². The highest BCUT2D eigenvalue weighted by Crippen LogP contribution is 2.37. The Morgan fingerprint density at radius 3 is 2.07 bits per heavy atom. The molecule has 0 aliphatic heterocycles. The van der Waals surface area contributed by atoms with E-state index >= 15 is 0 Å². The van der Waals surface area contributed by atoms with Crippen LogP contribution in [0.5, 0.6) is 35.4 Å². The summed E-state index contributed by atoms with van der Waals surface area (Å²) in [5, 5.41) is 19.0. The van der Waals surface area contributed by atoms with E-state index in [1.807, 2.05) is 6.92 Å². The van der Waals surface area contributed by atoms with Crippen LogP contribution in [0, 0.1) is 0 Å². The van der Waals surface area contributed by atoms with Gasteiger partial charge in [-0.3, -0.25) is 0 Å². The summed E-state index contributed by atoms with van der Waals surface area (Å²) in [5.74, 6) is 0.692. The van der Waals surface area contributed by atoms with E-state index in [-0.39, 0.29) is 35.4 Å². The summed E-state index contributed by atoms with van der Waals surface area (Å²) in [6, 6.07) is -0.763. The van der Waals surface area contributed by atoms with Crippen LogP contribution < -0.4 is 9.47 Å². The van der Waals surface area contributed by atoms with Crippen LogP contribution in [-0.4, -0.2) is 45.1 Å².